The van der Waals surface area contributed by atoms with Crippen LogP contribution in [-0.2, 0) is 28.0 Å². The Hall–Kier alpha value is -2.63. The Balaban J connectivity index is 1.84. The molecule has 0 saturated carbocycles. The summed E-state index contributed by atoms with van der Waals surface area (Å²) in [5.74, 6) is -0.755. The summed E-state index contributed by atoms with van der Waals surface area (Å²) in [7, 11) is 0. The molecule has 24 heavy (non-hydrogen) atoms. The van der Waals surface area contributed by atoms with Crippen LogP contribution in [0.15, 0.2) is 36.5 Å². The minimum atomic E-state index is -0.977. The number of amides is 1. The smallest absolute Gasteiger partial charge is 0.325 e. The summed E-state index contributed by atoms with van der Waals surface area (Å²) in [5.41, 5.74) is 2.49. The standard InChI is InChI=1S/C18H23N3O3/c1-18(2,3)14-7-4-13(5-8-14)6-9-16(22)19-15-10-11-21(20-15)12-17(23)24/h4-5,7-8,10-11H,6,9,12H2,1-3H3,(H,23,24)(H,19,20,22). The molecule has 0 atom stereocenters. The molecule has 6 heteroatoms. The number of aromatic nitrogens is 2. The molecule has 2 N–H and O–H groups in total. The van der Waals surface area contributed by atoms with Crippen LogP contribution in [0.3, 0.4) is 0 Å². The van der Waals surface area contributed by atoms with Crippen molar-refractivity contribution in [2.45, 2.75) is 45.6 Å². The quantitative estimate of drug-likeness (QED) is 0.853. The Morgan fingerprint density at radius 3 is 2.42 bits per heavy atom. The van der Waals surface area contributed by atoms with Crippen molar-refractivity contribution in [2.24, 2.45) is 0 Å². The fraction of sp³-hybridized carbons (Fsp3) is 0.389. The van der Waals surface area contributed by atoms with Crippen molar-refractivity contribution in [3.05, 3.63) is 47.7 Å². The first-order valence-electron chi connectivity index (χ1n) is 7.88. The van der Waals surface area contributed by atoms with Crippen LogP contribution in [0, 0.1) is 0 Å². The van der Waals surface area contributed by atoms with E-state index in [2.05, 4.69) is 55.5 Å². The van der Waals surface area contributed by atoms with Crippen LogP contribution < -0.4 is 5.32 Å². The molecule has 0 saturated heterocycles. The van der Waals surface area contributed by atoms with Gasteiger partial charge in [0.25, 0.3) is 0 Å². The van der Waals surface area contributed by atoms with E-state index in [1.54, 1.807) is 6.07 Å². The van der Waals surface area contributed by atoms with Crippen molar-refractivity contribution in [3.63, 3.8) is 0 Å². The summed E-state index contributed by atoms with van der Waals surface area (Å²) in [6, 6.07) is 9.88. The number of aliphatic carboxylic acids is 1. The molecule has 1 amide bonds. The van der Waals surface area contributed by atoms with Crippen molar-refractivity contribution in [2.75, 3.05) is 5.32 Å². The summed E-state index contributed by atoms with van der Waals surface area (Å²) >= 11 is 0. The van der Waals surface area contributed by atoms with Crippen LogP contribution in [0.2, 0.25) is 0 Å². The number of carboxylic acids is 1. The van der Waals surface area contributed by atoms with Gasteiger partial charge in [-0.2, -0.15) is 5.10 Å². The number of carbonyl (C=O) groups is 2. The second-order valence-corrected chi connectivity index (χ2v) is 6.79. The molecule has 1 aromatic heterocycles. The molecule has 1 aromatic carbocycles. The molecule has 2 rings (SSSR count). The first kappa shape index (κ1) is 17.7. The Kier molecular flexibility index (Phi) is 5.39. The Bertz CT molecular complexity index is 712. The maximum absolute atomic E-state index is 12.0. The Morgan fingerprint density at radius 1 is 1.17 bits per heavy atom. The van der Waals surface area contributed by atoms with Gasteiger partial charge in [0.2, 0.25) is 5.91 Å². The number of benzene rings is 1. The van der Waals surface area contributed by atoms with Gasteiger partial charge in [-0.15, -0.1) is 0 Å². The van der Waals surface area contributed by atoms with E-state index in [4.69, 9.17) is 5.11 Å². The zero-order valence-corrected chi connectivity index (χ0v) is 14.2. The van der Waals surface area contributed by atoms with E-state index >= 15 is 0 Å². The second-order valence-electron chi connectivity index (χ2n) is 6.79. The van der Waals surface area contributed by atoms with E-state index in [0.29, 0.717) is 18.7 Å². The second kappa shape index (κ2) is 7.29. The summed E-state index contributed by atoms with van der Waals surface area (Å²) in [6.07, 6.45) is 2.52. The SMILES string of the molecule is CC(C)(C)c1ccc(CCC(=O)Nc2ccn(CC(=O)O)n2)cc1. The monoisotopic (exact) mass is 329 g/mol. The lowest BCUT2D eigenvalue weighted by Gasteiger charge is -2.19. The number of hydrogen-bond donors (Lipinski definition) is 2. The molecule has 0 spiro atoms. The number of carboxylic acid groups (broad SMARTS) is 1. The minimum absolute atomic E-state index is 0.116. The lowest BCUT2D eigenvalue weighted by atomic mass is 9.86. The average Bonchev–Trinajstić information content (AvgIpc) is 2.91. The van der Waals surface area contributed by atoms with Crippen LogP contribution in [0.25, 0.3) is 0 Å². The van der Waals surface area contributed by atoms with Crippen LogP contribution in [0.5, 0.6) is 0 Å². The first-order valence-corrected chi connectivity index (χ1v) is 7.88. The van der Waals surface area contributed by atoms with Crippen LogP contribution in [-0.4, -0.2) is 26.8 Å². The Labute approximate surface area is 141 Å². The van der Waals surface area contributed by atoms with Gasteiger partial charge in [0.05, 0.1) is 0 Å². The highest BCUT2D eigenvalue weighted by Crippen LogP contribution is 2.22. The molecule has 0 aliphatic rings. The highest BCUT2D eigenvalue weighted by molar-refractivity contribution is 5.89. The maximum atomic E-state index is 12.0. The third-order valence-electron chi connectivity index (χ3n) is 3.67. The molecular weight excluding hydrogens is 306 g/mol. The molecule has 0 bridgehead atoms. The molecule has 0 aliphatic carbocycles. The van der Waals surface area contributed by atoms with Gasteiger partial charge in [-0.3, -0.25) is 14.3 Å². The minimum Gasteiger partial charge on any atom is -0.480 e. The van der Waals surface area contributed by atoms with Gasteiger partial charge >= 0.3 is 5.97 Å². The number of rotatable bonds is 6. The highest BCUT2D eigenvalue weighted by atomic mass is 16.4. The van der Waals surface area contributed by atoms with Gasteiger partial charge in [-0.1, -0.05) is 45.0 Å². The third-order valence-corrected chi connectivity index (χ3v) is 3.67. The molecule has 0 radical (unpaired) electrons. The fourth-order valence-corrected chi connectivity index (χ4v) is 2.29. The van der Waals surface area contributed by atoms with Gasteiger partial charge in [-0.25, -0.2) is 0 Å². The topological polar surface area (TPSA) is 84.2 Å². The van der Waals surface area contributed by atoms with Crippen molar-refractivity contribution in [3.8, 4) is 0 Å². The highest BCUT2D eigenvalue weighted by Gasteiger charge is 2.13. The molecule has 2 aromatic rings. The number of nitrogens with one attached hydrogen (secondary N) is 1. The van der Waals surface area contributed by atoms with Gasteiger partial charge in [0.1, 0.15) is 6.54 Å². The summed E-state index contributed by atoms with van der Waals surface area (Å²) in [5, 5.41) is 15.4. The van der Waals surface area contributed by atoms with E-state index in [1.165, 1.54) is 16.4 Å². The van der Waals surface area contributed by atoms with Crippen molar-refractivity contribution in [1.82, 2.24) is 9.78 Å². The number of carbonyl (C=O) groups excluding carboxylic acids is 1. The molecule has 0 aliphatic heterocycles. The molecule has 0 fully saturated rings. The van der Waals surface area contributed by atoms with Gasteiger partial charge in [0, 0.05) is 18.7 Å². The van der Waals surface area contributed by atoms with E-state index in [9.17, 15) is 9.59 Å². The largest absolute Gasteiger partial charge is 0.480 e. The van der Waals surface area contributed by atoms with Crippen molar-refractivity contribution >= 4 is 17.7 Å². The Morgan fingerprint density at radius 2 is 1.83 bits per heavy atom. The van der Waals surface area contributed by atoms with Crippen molar-refractivity contribution < 1.29 is 14.7 Å². The predicted molar refractivity (Wildman–Crippen MR) is 92.0 cm³/mol. The number of nitrogens with zero attached hydrogens (tertiary/aromatic N) is 2. The zero-order chi connectivity index (χ0) is 17.7. The normalized spacial score (nSPS) is 11.3. The lowest BCUT2D eigenvalue weighted by molar-refractivity contribution is -0.137. The van der Waals surface area contributed by atoms with E-state index < -0.39 is 5.97 Å². The van der Waals surface area contributed by atoms with Crippen LogP contribution in [0.4, 0.5) is 5.82 Å². The van der Waals surface area contributed by atoms with Crippen LogP contribution in [0.1, 0.15) is 38.3 Å². The molecular formula is C18H23N3O3. The van der Waals surface area contributed by atoms with Gasteiger partial charge < -0.3 is 10.4 Å². The van der Waals surface area contributed by atoms with Crippen molar-refractivity contribution in [1.29, 1.82) is 0 Å². The average molecular weight is 329 g/mol. The summed E-state index contributed by atoms with van der Waals surface area (Å²) < 4.78 is 1.27. The number of aryl methyl sites for hydroxylation is 1. The molecule has 0 unspecified atom stereocenters. The van der Waals surface area contributed by atoms with Gasteiger partial charge in [0.15, 0.2) is 5.82 Å². The van der Waals surface area contributed by atoms with Crippen LogP contribution >= 0.6 is 0 Å². The first-order chi connectivity index (χ1) is 11.2. The predicted octanol–water partition coefficient (Wildman–Crippen LogP) is 2.84. The summed E-state index contributed by atoms with van der Waals surface area (Å²) in [4.78, 5) is 22.6. The number of anilines is 1. The van der Waals surface area contributed by atoms with Gasteiger partial charge in [-0.05, 0) is 23.0 Å². The fourth-order valence-electron chi connectivity index (χ4n) is 2.29. The lowest BCUT2D eigenvalue weighted by Crippen LogP contribution is -2.14. The third kappa shape index (κ3) is 5.22. The molecule has 1 heterocycles. The van der Waals surface area contributed by atoms with E-state index in [-0.39, 0.29) is 17.9 Å². The van der Waals surface area contributed by atoms with E-state index in [0.717, 1.165) is 5.56 Å². The number of hydrogen-bond acceptors (Lipinski definition) is 3. The van der Waals surface area contributed by atoms with E-state index in [1.807, 2.05) is 0 Å². The molecule has 6 nitrogen and oxygen atoms in total. The summed E-state index contributed by atoms with van der Waals surface area (Å²) in [6.45, 7) is 6.27. The zero-order valence-electron chi connectivity index (χ0n) is 14.2. The molecule has 128 valence electrons. The maximum Gasteiger partial charge on any atom is 0.325 e.